The lowest BCUT2D eigenvalue weighted by molar-refractivity contribution is 0.733. The third-order valence-corrected chi connectivity index (χ3v) is 2.77. The van der Waals surface area contributed by atoms with Gasteiger partial charge in [-0.2, -0.15) is 5.10 Å². The van der Waals surface area contributed by atoms with Crippen molar-refractivity contribution in [1.29, 1.82) is 0 Å². The molecule has 2 aromatic heterocycles. The van der Waals surface area contributed by atoms with E-state index in [1.807, 2.05) is 16.9 Å². The van der Waals surface area contributed by atoms with Gasteiger partial charge in [0.2, 0.25) is 0 Å². The van der Waals surface area contributed by atoms with Crippen LogP contribution in [0.4, 0.5) is 0 Å². The van der Waals surface area contributed by atoms with E-state index in [2.05, 4.69) is 38.0 Å². The number of aromatic nitrogens is 3. The van der Waals surface area contributed by atoms with E-state index < -0.39 is 0 Å². The molecule has 1 aliphatic heterocycles. The summed E-state index contributed by atoms with van der Waals surface area (Å²) in [6.07, 6.45) is 3.87. The predicted octanol–water partition coefficient (Wildman–Crippen LogP) is 0.937. The van der Waals surface area contributed by atoms with Gasteiger partial charge in [0.05, 0.1) is 5.69 Å². The summed E-state index contributed by atoms with van der Waals surface area (Å²) in [4.78, 5) is 4.37. The Labute approximate surface area is 88.5 Å². The zero-order chi connectivity index (χ0) is 8.84. The number of hydrogen-bond donors (Lipinski definition) is 1. The molecule has 13 heavy (non-hydrogen) atoms. The van der Waals surface area contributed by atoms with Gasteiger partial charge in [0, 0.05) is 34.6 Å². The lowest BCUT2D eigenvalue weighted by Gasteiger charge is -1.95. The molecule has 0 radical (unpaired) electrons. The molecule has 0 unspecified atom stereocenters. The van der Waals surface area contributed by atoms with Gasteiger partial charge in [0.1, 0.15) is 0 Å². The minimum absolute atomic E-state index is 0.870. The summed E-state index contributed by atoms with van der Waals surface area (Å²) in [6.45, 7) is 1.77. The average Bonchev–Trinajstić information content (AvgIpc) is 2.62. The largest absolute Gasteiger partial charge is 0.307 e. The number of nitrogens with one attached hydrogen (secondary N) is 1. The molecule has 3 rings (SSSR count). The fraction of sp³-hybridized carbons (Fsp3) is 0.250. The van der Waals surface area contributed by atoms with E-state index in [0.717, 1.165) is 28.0 Å². The summed E-state index contributed by atoms with van der Waals surface area (Å²) in [5.74, 6) is 0. The molecular formula is C8H7IN4. The van der Waals surface area contributed by atoms with Crippen molar-refractivity contribution in [2.45, 2.75) is 13.1 Å². The zero-order valence-corrected chi connectivity index (χ0v) is 8.95. The van der Waals surface area contributed by atoms with Crippen molar-refractivity contribution in [3.63, 3.8) is 0 Å². The van der Waals surface area contributed by atoms with Crippen molar-refractivity contribution in [2.24, 2.45) is 0 Å². The van der Waals surface area contributed by atoms with Gasteiger partial charge in [-0.1, -0.05) is 0 Å². The molecular weight excluding hydrogens is 279 g/mol. The van der Waals surface area contributed by atoms with Crippen LogP contribution in [-0.4, -0.2) is 14.6 Å². The molecule has 0 fully saturated rings. The van der Waals surface area contributed by atoms with Gasteiger partial charge >= 0.3 is 0 Å². The van der Waals surface area contributed by atoms with Gasteiger partial charge < -0.3 is 5.32 Å². The van der Waals surface area contributed by atoms with E-state index in [4.69, 9.17) is 0 Å². The first-order chi connectivity index (χ1) is 6.34. The van der Waals surface area contributed by atoms with Gasteiger partial charge in [-0.15, -0.1) is 0 Å². The highest BCUT2D eigenvalue weighted by Crippen LogP contribution is 2.18. The molecule has 0 saturated heterocycles. The Kier molecular flexibility index (Phi) is 1.57. The van der Waals surface area contributed by atoms with E-state index >= 15 is 0 Å². The molecule has 0 bridgehead atoms. The first-order valence-electron chi connectivity index (χ1n) is 4.07. The molecule has 0 aromatic carbocycles. The van der Waals surface area contributed by atoms with Crippen LogP contribution in [0.25, 0.3) is 5.65 Å². The second-order valence-electron chi connectivity index (χ2n) is 3.07. The SMILES string of the molecule is Ic1cnc2c3c(nn2c1)CNC3. The third-order valence-electron chi connectivity index (χ3n) is 2.21. The molecule has 1 aliphatic rings. The molecule has 2 aromatic rings. The Morgan fingerprint density at radius 2 is 2.38 bits per heavy atom. The van der Waals surface area contributed by atoms with Gasteiger partial charge in [-0.05, 0) is 22.6 Å². The van der Waals surface area contributed by atoms with E-state index in [9.17, 15) is 0 Å². The second-order valence-corrected chi connectivity index (χ2v) is 4.31. The van der Waals surface area contributed by atoms with Crippen LogP contribution in [0.3, 0.4) is 0 Å². The highest BCUT2D eigenvalue weighted by atomic mass is 127. The summed E-state index contributed by atoms with van der Waals surface area (Å²) in [5, 5.41) is 7.70. The smallest absolute Gasteiger partial charge is 0.159 e. The summed E-state index contributed by atoms with van der Waals surface area (Å²) >= 11 is 2.24. The average molecular weight is 286 g/mol. The fourth-order valence-electron chi connectivity index (χ4n) is 1.63. The zero-order valence-electron chi connectivity index (χ0n) is 6.79. The highest BCUT2D eigenvalue weighted by Gasteiger charge is 2.18. The second kappa shape index (κ2) is 2.65. The van der Waals surface area contributed by atoms with E-state index in [1.165, 1.54) is 5.56 Å². The van der Waals surface area contributed by atoms with Gasteiger partial charge in [0.25, 0.3) is 0 Å². The summed E-state index contributed by atoms with van der Waals surface area (Å²) < 4.78 is 2.98. The molecule has 4 nitrogen and oxygen atoms in total. The molecule has 0 spiro atoms. The Morgan fingerprint density at radius 3 is 3.31 bits per heavy atom. The molecule has 1 N–H and O–H groups in total. The van der Waals surface area contributed by atoms with Crippen LogP contribution in [0, 0.1) is 3.57 Å². The molecule has 5 heteroatoms. The predicted molar refractivity (Wildman–Crippen MR) is 56.2 cm³/mol. The minimum atomic E-state index is 0.870. The Morgan fingerprint density at radius 1 is 1.46 bits per heavy atom. The number of hydrogen-bond acceptors (Lipinski definition) is 3. The van der Waals surface area contributed by atoms with Crippen LogP contribution >= 0.6 is 22.6 Å². The molecule has 3 heterocycles. The van der Waals surface area contributed by atoms with Gasteiger partial charge in [0.15, 0.2) is 5.65 Å². The molecule has 0 aliphatic carbocycles. The summed E-state index contributed by atoms with van der Waals surface area (Å²) in [5.41, 5.74) is 3.37. The lowest BCUT2D eigenvalue weighted by Crippen LogP contribution is -2.04. The Bertz CT molecular complexity index is 476. The maximum absolute atomic E-state index is 4.44. The Hall–Kier alpha value is -0.690. The maximum atomic E-state index is 4.44. The number of rotatable bonds is 0. The van der Waals surface area contributed by atoms with E-state index in [1.54, 1.807) is 0 Å². The summed E-state index contributed by atoms with van der Waals surface area (Å²) in [6, 6.07) is 0. The van der Waals surface area contributed by atoms with Crippen LogP contribution in [-0.2, 0) is 13.1 Å². The van der Waals surface area contributed by atoms with E-state index in [0.29, 0.717) is 0 Å². The van der Waals surface area contributed by atoms with Crippen molar-refractivity contribution in [3.8, 4) is 0 Å². The van der Waals surface area contributed by atoms with Crippen LogP contribution in [0.1, 0.15) is 11.3 Å². The quantitative estimate of drug-likeness (QED) is 0.733. The van der Waals surface area contributed by atoms with Crippen molar-refractivity contribution < 1.29 is 0 Å². The molecule has 0 atom stereocenters. The Balaban J connectivity index is 2.38. The molecule has 0 saturated carbocycles. The number of fused-ring (bicyclic) bond motifs is 3. The van der Waals surface area contributed by atoms with Crippen LogP contribution in [0.5, 0.6) is 0 Å². The van der Waals surface area contributed by atoms with Crippen LogP contribution in [0.15, 0.2) is 12.4 Å². The van der Waals surface area contributed by atoms with Crippen LogP contribution < -0.4 is 5.32 Å². The van der Waals surface area contributed by atoms with Gasteiger partial charge in [-0.3, -0.25) is 0 Å². The van der Waals surface area contributed by atoms with Crippen molar-refractivity contribution in [3.05, 3.63) is 27.2 Å². The lowest BCUT2D eigenvalue weighted by atomic mass is 10.3. The first-order valence-corrected chi connectivity index (χ1v) is 5.15. The number of halogens is 1. The van der Waals surface area contributed by atoms with Crippen molar-refractivity contribution >= 4 is 28.2 Å². The summed E-state index contributed by atoms with van der Waals surface area (Å²) in [7, 11) is 0. The molecule has 66 valence electrons. The van der Waals surface area contributed by atoms with Crippen molar-refractivity contribution in [1.82, 2.24) is 19.9 Å². The number of nitrogens with zero attached hydrogens (tertiary/aromatic N) is 3. The highest BCUT2D eigenvalue weighted by molar-refractivity contribution is 14.1. The monoisotopic (exact) mass is 286 g/mol. The molecule has 0 amide bonds. The first kappa shape index (κ1) is 7.69. The minimum Gasteiger partial charge on any atom is -0.307 e. The van der Waals surface area contributed by atoms with Crippen molar-refractivity contribution in [2.75, 3.05) is 0 Å². The van der Waals surface area contributed by atoms with Gasteiger partial charge in [-0.25, -0.2) is 9.50 Å². The van der Waals surface area contributed by atoms with E-state index in [-0.39, 0.29) is 0 Å². The standard InChI is InChI=1S/C8H7IN4/c9-5-1-11-8-6-2-10-3-7(6)12-13(8)4-5/h1,4,10H,2-3H2. The topological polar surface area (TPSA) is 42.2 Å². The normalized spacial score (nSPS) is 15.2. The third kappa shape index (κ3) is 1.07. The van der Waals surface area contributed by atoms with Crippen LogP contribution in [0.2, 0.25) is 0 Å². The fourth-order valence-corrected chi connectivity index (χ4v) is 2.04. The maximum Gasteiger partial charge on any atom is 0.159 e.